The van der Waals surface area contributed by atoms with E-state index in [9.17, 15) is 5.11 Å². The highest BCUT2D eigenvalue weighted by Crippen LogP contribution is 2.24. The number of ether oxygens (including phenoxy) is 1. The normalized spacial score (nSPS) is 24.5. The molecule has 0 aliphatic heterocycles. The summed E-state index contributed by atoms with van der Waals surface area (Å²) in [6.07, 6.45) is 8.28. The van der Waals surface area contributed by atoms with Crippen molar-refractivity contribution in [2.75, 3.05) is 7.11 Å². The molecule has 72 valence electrons. The van der Waals surface area contributed by atoms with E-state index in [1.807, 2.05) is 0 Å². The lowest BCUT2D eigenvalue weighted by atomic mass is 9.91. The summed E-state index contributed by atoms with van der Waals surface area (Å²) in [5, 5.41) is 9.48. The summed E-state index contributed by atoms with van der Waals surface area (Å²) in [7, 11) is 1.59. The van der Waals surface area contributed by atoms with Crippen LogP contribution in [0, 0.1) is 5.92 Å². The Kier molecular flexibility index (Phi) is 4.62. The molecule has 1 aliphatic rings. The van der Waals surface area contributed by atoms with Crippen LogP contribution in [-0.4, -0.2) is 18.5 Å². The molecule has 2 nitrogen and oxygen atoms in total. The summed E-state index contributed by atoms with van der Waals surface area (Å²) in [6, 6.07) is 0. The van der Waals surface area contributed by atoms with E-state index < -0.39 is 6.29 Å². The maximum Gasteiger partial charge on any atom is 0.156 e. The van der Waals surface area contributed by atoms with Crippen molar-refractivity contribution in [2.45, 2.75) is 51.2 Å². The Balaban J connectivity index is 2.29. The second kappa shape index (κ2) is 5.55. The van der Waals surface area contributed by atoms with Gasteiger partial charge in [0.15, 0.2) is 6.29 Å². The highest BCUT2D eigenvalue weighted by atomic mass is 16.6. The molecule has 0 spiro atoms. The number of rotatable bonds is 2. The molecule has 0 heterocycles. The van der Waals surface area contributed by atoms with Crippen molar-refractivity contribution in [1.82, 2.24) is 0 Å². The van der Waals surface area contributed by atoms with E-state index >= 15 is 0 Å². The average Bonchev–Trinajstić information content (AvgIpc) is 2.02. The predicted molar refractivity (Wildman–Crippen MR) is 48.8 cm³/mol. The molecule has 1 unspecified atom stereocenters. The van der Waals surface area contributed by atoms with Crippen molar-refractivity contribution in [3.63, 3.8) is 0 Å². The minimum Gasteiger partial charge on any atom is -0.368 e. The third-order valence-corrected chi connectivity index (χ3v) is 2.79. The maximum absolute atomic E-state index is 9.48. The highest BCUT2D eigenvalue weighted by Gasteiger charge is 2.18. The van der Waals surface area contributed by atoms with E-state index in [1.54, 1.807) is 7.11 Å². The molecule has 1 N–H and O–H groups in total. The quantitative estimate of drug-likeness (QED) is 0.648. The van der Waals surface area contributed by atoms with Crippen LogP contribution in [0.3, 0.4) is 0 Å². The second-order valence-corrected chi connectivity index (χ2v) is 3.73. The van der Waals surface area contributed by atoms with Gasteiger partial charge in [0.25, 0.3) is 0 Å². The summed E-state index contributed by atoms with van der Waals surface area (Å²) >= 11 is 0. The fraction of sp³-hybridized carbons (Fsp3) is 1.00. The Morgan fingerprint density at radius 2 is 1.58 bits per heavy atom. The smallest absolute Gasteiger partial charge is 0.156 e. The molecule has 0 aromatic rings. The van der Waals surface area contributed by atoms with Gasteiger partial charge in [-0.1, -0.05) is 32.1 Å². The average molecular weight is 172 g/mol. The lowest BCUT2D eigenvalue weighted by Crippen LogP contribution is -2.22. The van der Waals surface area contributed by atoms with Gasteiger partial charge in [0.1, 0.15) is 0 Å². The Hall–Kier alpha value is -0.0800. The third-order valence-electron chi connectivity index (χ3n) is 2.79. The Morgan fingerprint density at radius 1 is 1.08 bits per heavy atom. The largest absolute Gasteiger partial charge is 0.368 e. The van der Waals surface area contributed by atoms with Crippen LogP contribution < -0.4 is 0 Å². The minimum absolute atomic E-state index is 0.385. The van der Waals surface area contributed by atoms with Crippen LogP contribution in [0.15, 0.2) is 0 Å². The zero-order chi connectivity index (χ0) is 8.81. The van der Waals surface area contributed by atoms with Crippen LogP contribution in [0.1, 0.15) is 44.9 Å². The molecule has 12 heavy (non-hydrogen) atoms. The van der Waals surface area contributed by atoms with Crippen LogP contribution in [0.2, 0.25) is 0 Å². The third kappa shape index (κ3) is 3.11. The van der Waals surface area contributed by atoms with Gasteiger partial charge in [-0.3, -0.25) is 0 Å². The van der Waals surface area contributed by atoms with Crippen LogP contribution in [0.4, 0.5) is 0 Å². The maximum atomic E-state index is 9.48. The van der Waals surface area contributed by atoms with Crippen LogP contribution in [0.25, 0.3) is 0 Å². The summed E-state index contributed by atoms with van der Waals surface area (Å²) in [4.78, 5) is 0. The number of hydrogen-bond acceptors (Lipinski definition) is 2. The second-order valence-electron chi connectivity index (χ2n) is 3.73. The van der Waals surface area contributed by atoms with E-state index in [2.05, 4.69) is 0 Å². The Bertz CT molecular complexity index is 106. The summed E-state index contributed by atoms with van der Waals surface area (Å²) < 4.78 is 4.94. The molecular weight excluding hydrogens is 152 g/mol. The van der Waals surface area contributed by atoms with Gasteiger partial charge in [-0.25, -0.2) is 0 Å². The summed E-state index contributed by atoms with van der Waals surface area (Å²) in [5.41, 5.74) is 0. The molecule has 1 fully saturated rings. The first-order chi connectivity index (χ1) is 5.84. The van der Waals surface area contributed by atoms with E-state index in [0.29, 0.717) is 5.92 Å². The molecule has 0 amide bonds. The molecular formula is C10H20O2. The van der Waals surface area contributed by atoms with E-state index in [0.717, 1.165) is 12.8 Å². The fourth-order valence-electron chi connectivity index (χ4n) is 1.97. The number of methoxy groups -OCH3 is 1. The molecule has 0 radical (unpaired) electrons. The topological polar surface area (TPSA) is 29.5 Å². The summed E-state index contributed by atoms with van der Waals surface area (Å²) in [5.74, 6) is 0.385. The molecule has 0 aromatic heterocycles. The lowest BCUT2D eigenvalue weighted by molar-refractivity contribution is -0.117. The van der Waals surface area contributed by atoms with Gasteiger partial charge >= 0.3 is 0 Å². The molecule has 1 atom stereocenters. The first-order valence-corrected chi connectivity index (χ1v) is 5.05. The first-order valence-electron chi connectivity index (χ1n) is 5.05. The zero-order valence-electron chi connectivity index (χ0n) is 7.96. The van der Waals surface area contributed by atoms with Crippen molar-refractivity contribution in [2.24, 2.45) is 5.92 Å². The molecule has 0 aromatic carbocycles. The van der Waals surface area contributed by atoms with Crippen molar-refractivity contribution in [1.29, 1.82) is 0 Å². The van der Waals surface area contributed by atoms with E-state index in [1.165, 1.54) is 32.1 Å². The van der Waals surface area contributed by atoms with E-state index in [4.69, 9.17) is 4.74 Å². The van der Waals surface area contributed by atoms with Crippen molar-refractivity contribution in [3.05, 3.63) is 0 Å². The molecule has 0 saturated heterocycles. The minimum atomic E-state index is -0.525. The van der Waals surface area contributed by atoms with Gasteiger partial charge in [0.05, 0.1) is 0 Å². The van der Waals surface area contributed by atoms with Gasteiger partial charge in [-0.15, -0.1) is 0 Å². The number of aliphatic hydroxyl groups excluding tert-OH is 1. The lowest BCUT2D eigenvalue weighted by Gasteiger charge is -2.23. The van der Waals surface area contributed by atoms with Gasteiger partial charge in [0, 0.05) is 13.0 Å². The standard InChI is InChI=1S/C10H20O2/c1-12-10(11)9-7-5-3-2-4-6-8-9/h9-11H,2-8H2,1H3. The number of aliphatic hydroxyl groups is 1. The van der Waals surface area contributed by atoms with Crippen molar-refractivity contribution >= 4 is 0 Å². The van der Waals surface area contributed by atoms with Crippen LogP contribution in [0.5, 0.6) is 0 Å². The molecule has 1 saturated carbocycles. The van der Waals surface area contributed by atoms with E-state index in [-0.39, 0.29) is 0 Å². The zero-order valence-corrected chi connectivity index (χ0v) is 7.96. The molecule has 0 bridgehead atoms. The molecule has 2 heteroatoms. The van der Waals surface area contributed by atoms with Crippen molar-refractivity contribution < 1.29 is 9.84 Å². The Labute approximate surface area is 74.9 Å². The van der Waals surface area contributed by atoms with Crippen molar-refractivity contribution in [3.8, 4) is 0 Å². The number of hydrogen-bond donors (Lipinski definition) is 1. The van der Waals surface area contributed by atoms with Gasteiger partial charge in [0.2, 0.25) is 0 Å². The van der Waals surface area contributed by atoms with Gasteiger partial charge in [-0.2, -0.15) is 0 Å². The van der Waals surface area contributed by atoms with Crippen LogP contribution >= 0.6 is 0 Å². The molecule has 1 rings (SSSR count). The van der Waals surface area contributed by atoms with Gasteiger partial charge in [-0.05, 0) is 12.8 Å². The monoisotopic (exact) mass is 172 g/mol. The SMILES string of the molecule is COC(O)C1CCCCCCC1. The Morgan fingerprint density at radius 3 is 2.08 bits per heavy atom. The van der Waals surface area contributed by atoms with Gasteiger partial charge < -0.3 is 9.84 Å². The summed E-state index contributed by atoms with van der Waals surface area (Å²) in [6.45, 7) is 0. The highest BCUT2D eigenvalue weighted by molar-refractivity contribution is 4.65. The first kappa shape index (κ1) is 10.0. The predicted octanol–water partition coefficient (Wildman–Crippen LogP) is 2.31. The molecule has 1 aliphatic carbocycles. The fourth-order valence-corrected chi connectivity index (χ4v) is 1.97. The van der Waals surface area contributed by atoms with Crippen LogP contribution in [-0.2, 0) is 4.74 Å².